The Morgan fingerprint density at radius 3 is 1.27 bits per heavy atom. The van der Waals surface area contributed by atoms with Crippen LogP contribution in [0.3, 0.4) is 0 Å². The summed E-state index contributed by atoms with van der Waals surface area (Å²) in [5.74, 6) is -2.94. The maximum atomic E-state index is 11.6. The van der Waals surface area contributed by atoms with E-state index in [9.17, 15) is 19.8 Å². The number of hydrogen-bond donors (Lipinski definition) is 2. The molecule has 4 aromatic heterocycles. The quantitative estimate of drug-likeness (QED) is 0.146. The van der Waals surface area contributed by atoms with Crippen LogP contribution in [0.1, 0.15) is 111 Å². The monoisotopic (exact) mass is 726 g/mol. The Morgan fingerprint density at radius 1 is 0.627 bits per heavy atom. The van der Waals surface area contributed by atoms with Gasteiger partial charge in [-0.3, -0.25) is 0 Å². The number of aromatic nitrogens is 6. The molecular weight excluding hydrogens is 678 g/mol. The first-order chi connectivity index (χ1) is 22.3. The zero-order valence-corrected chi connectivity index (χ0v) is 33.5. The number of pyridine rings is 2. The molecule has 6 rings (SSSR count). The van der Waals surface area contributed by atoms with Crippen molar-refractivity contribution in [3.8, 4) is 0 Å². The molecule has 0 amide bonds. The van der Waals surface area contributed by atoms with Gasteiger partial charge in [0.05, 0.1) is 36.0 Å². The van der Waals surface area contributed by atoms with Gasteiger partial charge in [-0.05, 0) is 61.8 Å². The van der Waals surface area contributed by atoms with Gasteiger partial charge >= 0.3 is 59.1 Å². The van der Waals surface area contributed by atoms with Gasteiger partial charge in [0.15, 0.2) is 0 Å². The second-order valence-corrected chi connectivity index (χ2v) is 12.4. The second kappa shape index (κ2) is 23.7. The number of rotatable bonds is 10. The maximum Gasteiger partial charge on any atom is 1.00 e. The molecule has 17 heteroatoms. The molecule has 4 aromatic rings. The molecule has 0 saturated heterocycles. The minimum Gasteiger partial charge on any atom is -0.549 e. The third kappa shape index (κ3) is 13.9. The van der Waals surface area contributed by atoms with Gasteiger partial charge in [-0.2, -0.15) is 0 Å². The Morgan fingerprint density at radius 2 is 0.980 bits per heavy atom. The molecule has 4 heterocycles. The zero-order chi connectivity index (χ0) is 32.5. The second-order valence-electron chi connectivity index (χ2n) is 12.4. The molecule has 2 fully saturated rings. The topological polar surface area (TPSA) is 288 Å². The summed E-state index contributed by atoms with van der Waals surface area (Å²) >= 11 is 0. The summed E-state index contributed by atoms with van der Waals surface area (Å²) in [5, 5.41) is 23.1. The van der Waals surface area contributed by atoms with E-state index in [0.29, 0.717) is 47.9 Å². The van der Waals surface area contributed by atoms with Crippen molar-refractivity contribution in [1.82, 2.24) is 29.1 Å². The number of anilines is 2. The molecule has 2 saturated carbocycles. The number of carboxylic acids is 2. The first-order valence-corrected chi connectivity index (χ1v) is 16.2. The standard InChI is InChI=1S/2C17H22N4O2.2Na.3H2O/c2*18-16-7-6-12(9-19-16)8-14(17(22)23)15-10-21(11-20-15)13-4-2-1-3-5-13;;;;;/h2*6-7,9-11,13-14H,1-5,8H2,(H2,18,19)(H,22,23);;;3*1H2/q;;2*+1;;;/p-2/t2*14-;;;;;/m11...../s1. The van der Waals surface area contributed by atoms with E-state index in [2.05, 4.69) is 29.1 Å². The molecule has 0 aliphatic heterocycles. The first-order valence-electron chi connectivity index (χ1n) is 16.2. The van der Waals surface area contributed by atoms with E-state index in [-0.39, 0.29) is 75.5 Å². The van der Waals surface area contributed by atoms with Crippen LogP contribution in [0, 0.1) is 0 Å². The molecule has 2 aliphatic carbocycles. The van der Waals surface area contributed by atoms with E-state index in [1.165, 1.54) is 38.5 Å². The van der Waals surface area contributed by atoms with E-state index < -0.39 is 23.8 Å². The molecule has 0 spiro atoms. The minimum absolute atomic E-state index is 0. The number of aliphatic carboxylic acids is 2. The molecule has 0 aromatic carbocycles. The summed E-state index contributed by atoms with van der Waals surface area (Å²) in [5.41, 5.74) is 13.8. The molecular formula is C34H48N8Na2O7. The Labute approximate surface area is 342 Å². The normalized spacial score (nSPS) is 15.4. The number of carbonyl (C=O) groups excluding carboxylic acids is 2. The number of nitrogens with zero attached hydrogens (tertiary/aromatic N) is 6. The average Bonchev–Trinajstić information content (AvgIpc) is 3.76. The van der Waals surface area contributed by atoms with Gasteiger partial charge in [-0.15, -0.1) is 0 Å². The van der Waals surface area contributed by atoms with Crippen LogP contribution < -0.4 is 80.8 Å². The van der Waals surface area contributed by atoms with Crippen molar-refractivity contribution in [2.75, 3.05) is 11.5 Å². The van der Waals surface area contributed by atoms with Gasteiger partial charge in [-0.25, -0.2) is 19.9 Å². The summed E-state index contributed by atoms with van der Waals surface area (Å²) in [6.07, 6.45) is 23.0. The predicted molar refractivity (Wildman–Crippen MR) is 180 cm³/mol. The van der Waals surface area contributed by atoms with Crippen LogP contribution in [0.15, 0.2) is 61.7 Å². The Hall–Kier alpha value is -2.86. The Balaban J connectivity index is 0.000000893. The van der Waals surface area contributed by atoms with Crippen molar-refractivity contribution in [2.45, 2.75) is 101 Å². The fraction of sp³-hybridized carbons (Fsp3) is 0.471. The predicted octanol–water partition coefficient (Wildman–Crippen LogP) is -5.58. The van der Waals surface area contributed by atoms with Gasteiger partial charge < -0.3 is 56.8 Å². The summed E-state index contributed by atoms with van der Waals surface area (Å²) in [6, 6.07) is 7.79. The van der Waals surface area contributed by atoms with Crippen molar-refractivity contribution in [1.29, 1.82) is 0 Å². The maximum absolute atomic E-state index is 11.6. The molecule has 2 atom stereocenters. The van der Waals surface area contributed by atoms with E-state index in [4.69, 9.17) is 11.5 Å². The Kier molecular flexibility index (Phi) is 22.3. The molecule has 51 heavy (non-hydrogen) atoms. The number of nitrogens with two attached hydrogens (primary N) is 2. The number of carboxylic acid groups (broad SMARTS) is 2. The number of hydrogen-bond acceptors (Lipinski definition) is 10. The van der Waals surface area contributed by atoms with Crippen molar-refractivity contribution >= 4 is 23.6 Å². The molecule has 268 valence electrons. The Bertz CT molecular complexity index is 1460. The summed E-state index contributed by atoms with van der Waals surface area (Å²) in [7, 11) is 0. The first kappa shape index (κ1) is 48.1. The molecule has 10 N–H and O–H groups in total. The van der Waals surface area contributed by atoms with Gasteiger partial charge in [0.2, 0.25) is 0 Å². The molecule has 0 radical (unpaired) electrons. The average molecular weight is 727 g/mol. The molecule has 15 nitrogen and oxygen atoms in total. The fourth-order valence-electron chi connectivity index (χ4n) is 6.43. The smallest absolute Gasteiger partial charge is 0.549 e. The van der Waals surface area contributed by atoms with Crippen LogP contribution in [0.2, 0.25) is 0 Å². The van der Waals surface area contributed by atoms with Gasteiger partial charge in [-0.1, -0.05) is 50.7 Å². The van der Waals surface area contributed by atoms with Crippen LogP contribution in [0.5, 0.6) is 0 Å². The molecule has 0 bridgehead atoms. The number of imidazole rings is 2. The van der Waals surface area contributed by atoms with E-state index in [1.54, 1.807) is 49.3 Å². The zero-order valence-electron chi connectivity index (χ0n) is 29.5. The van der Waals surface area contributed by atoms with Crippen LogP contribution in [0.25, 0.3) is 0 Å². The third-order valence-corrected chi connectivity index (χ3v) is 9.09. The van der Waals surface area contributed by atoms with E-state index >= 15 is 0 Å². The van der Waals surface area contributed by atoms with Crippen molar-refractivity contribution in [3.63, 3.8) is 0 Å². The number of carbonyl (C=O) groups is 2. The van der Waals surface area contributed by atoms with E-state index in [1.807, 2.05) is 12.4 Å². The van der Waals surface area contributed by atoms with Crippen LogP contribution in [0.4, 0.5) is 11.6 Å². The van der Waals surface area contributed by atoms with Crippen molar-refractivity contribution in [2.24, 2.45) is 0 Å². The SMILES string of the molecule is Nc1ccc(C[C@@H](C(=O)[O-])c2cn(C3CCCCC3)cn2)cn1.Nc1ccc(C[C@@H](C(=O)[O-])c2cn(C3CCCCC3)cn2)cn1.O.O.O.[Na+].[Na+]. The summed E-state index contributed by atoms with van der Waals surface area (Å²) in [6.45, 7) is 0. The van der Waals surface area contributed by atoms with Crippen LogP contribution >= 0.6 is 0 Å². The summed E-state index contributed by atoms with van der Waals surface area (Å²) < 4.78 is 4.12. The van der Waals surface area contributed by atoms with Crippen molar-refractivity contribution in [3.05, 3.63) is 84.2 Å². The van der Waals surface area contributed by atoms with Crippen molar-refractivity contribution < 1.29 is 95.3 Å². The largest absolute Gasteiger partial charge is 1.00 e. The van der Waals surface area contributed by atoms with Gasteiger partial charge in [0, 0.05) is 48.7 Å². The van der Waals surface area contributed by atoms with Crippen LogP contribution in [-0.2, 0) is 22.4 Å². The van der Waals surface area contributed by atoms with Gasteiger partial charge in [0.1, 0.15) is 11.6 Å². The minimum atomic E-state index is -1.12. The fourth-order valence-corrected chi connectivity index (χ4v) is 6.43. The van der Waals surface area contributed by atoms with Crippen LogP contribution in [-0.4, -0.2) is 57.4 Å². The van der Waals surface area contributed by atoms with Gasteiger partial charge in [0.25, 0.3) is 0 Å². The van der Waals surface area contributed by atoms with E-state index in [0.717, 1.165) is 36.8 Å². The number of nitrogen functional groups attached to an aromatic ring is 2. The molecule has 0 unspecified atom stereocenters. The summed E-state index contributed by atoms with van der Waals surface area (Å²) in [4.78, 5) is 39.8. The molecule has 2 aliphatic rings. The third-order valence-electron chi connectivity index (χ3n) is 9.09.